The molecule has 1 saturated carbocycles. The Morgan fingerprint density at radius 1 is 1.06 bits per heavy atom. The largest absolute Gasteiger partial charge is 0.351 e. The maximum Gasteiger partial charge on any atom is 0.240 e. The van der Waals surface area contributed by atoms with Crippen molar-refractivity contribution in [2.45, 2.75) is 60.2 Å². The zero-order valence-electron chi connectivity index (χ0n) is 17.4. The highest BCUT2D eigenvalue weighted by Gasteiger charge is 2.42. The lowest BCUT2D eigenvalue weighted by atomic mass is 9.78. The molecule has 3 aromatic heterocycles. The Bertz CT molecular complexity index is 1450. The van der Waals surface area contributed by atoms with Crippen molar-refractivity contribution in [1.29, 1.82) is 0 Å². The van der Waals surface area contributed by atoms with E-state index in [9.17, 15) is 13.2 Å². The van der Waals surface area contributed by atoms with Gasteiger partial charge in [0.2, 0.25) is 20.9 Å². The number of carbonyl (C=O) groups excluding carboxylic acids is 1. The second-order valence-electron chi connectivity index (χ2n) is 8.87. The van der Waals surface area contributed by atoms with Gasteiger partial charge in [0.15, 0.2) is 0 Å². The predicted octanol–water partition coefficient (Wildman–Crippen LogP) is 3.51. The monoisotopic (exact) mass is 449 g/mol. The van der Waals surface area contributed by atoms with Crippen molar-refractivity contribution >= 4 is 37.8 Å². The molecule has 0 atom stereocenters. The minimum atomic E-state index is -3.82. The Kier molecular flexibility index (Phi) is 4.20. The summed E-state index contributed by atoms with van der Waals surface area (Å²) < 4.78 is 29.2. The van der Waals surface area contributed by atoms with Crippen LogP contribution in [0.2, 0.25) is 0 Å². The van der Waals surface area contributed by atoms with Crippen molar-refractivity contribution in [3.8, 4) is 0 Å². The summed E-state index contributed by atoms with van der Waals surface area (Å²) in [6.45, 7) is 0. The van der Waals surface area contributed by atoms with Gasteiger partial charge in [0, 0.05) is 29.6 Å². The molecule has 6 rings (SSSR count). The fourth-order valence-corrected chi connectivity index (χ4v) is 6.81. The number of nitrogens with zero attached hydrogens (tertiary/aromatic N) is 3. The number of nitrogens with one attached hydrogen (secondary N) is 2. The Balaban J connectivity index is 1.52. The molecule has 0 bridgehead atoms. The molecule has 1 saturated heterocycles. The SMILES string of the molecule is O=C1CCC2(CCC(n3c(S(=O)(=O)c4ccccc4)nc4cnc5[nH]ccc5c43)CC2)N1. The van der Waals surface area contributed by atoms with E-state index in [1.807, 2.05) is 16.8 Å². The third-order valence-corrected chi connectivity index (χ3v) is 8.67. The molecule has 4 aromatic rings. The summed E-state index contributed by atoms with van der Waals surface area (Å²) in [7, 11) is -3.82. The van der Waals surface area contributed by atoms with Gasteiger partial charge in [-0.3, -0.25) is 4.79 Å². The summed E-state index contributed by atoms with van der Waals surface area (Å²) in [6.07, 6.45) is 8.07. The standard InChI is InChI=1S/C23H23N5O3S/c29-19-8-12-23(27-19)10-6-15(7-11-23)28-20-17-9-13-24-21(17)25-14-18(20)26-22(28)32(30,31)16-4-2-1-3-5-16/h1-5,9,13-15H,6-8,10-12H2,(H,24,25)(H,27,29). The van der Waals surface area contributed by atoms with Crippen LogP contribution in [0.5, 0.6) is 0 Å². The molecule has 1 aromatic carbocycles. The van der Waals surface area contributed by atoms with Crippen molar-refractivity contribution in [2.24, 2.45) is 0 Å². The number of sulfone groups is 1. The summed E-state index contributed by atoms with van der Waals surface area (Å²) in [5.74, 6) is 0.115. The molecular formula is C23H23N5O3S. The number of aromatic amines is 1. The maximum atomic E-state index is 13.7. The number of aromatic nitrogens is 4. The number of amides is 1. The van der Waals surface area contributed by atoms with E-state index in [2.05, 4.69) is 20.3 Å². The normalized spacial score (nSPS) is 23.9. The molecule has 4 heterocycles. The van der Waals surface area contributed by atoms with Gasteiger partial charge < -0.3 is 14.9 Å². The van der Waals surface area contributed by atoms with Crippen LogP contribution >= 0.6 is 0 Å². The lowest BCUT2D eigenvalue weighted by molar-refractivity contribution is -0.120. The molecule has 2 N–H and O–H groups in total. The zero-order valence-corrected chi connectivity index (χ0v) is 18.2. The smallest absolute Gasteiger partial charge is 0.240 e. The molecule has 1 aliphatic heterocycles. The average molecular weight is 450 g/mol. The van der Waals surface area contributed by atoms with E-state index < -0.39 is 9.84 Å². The van der Waals surface area contributed by atoms with Gasteiger partial charge in [0.25, 0.3) is 0 Å². The van der Waals surface area contributed by atoms with E-state index in [0.29, 0.717) is 17.6 Å². The van der Waals surface area contributed by atoms with Gasteiger partial charge in [-0.1, -0.05) is 18.2 Å². The number of H-pyrrole nitrogens is 1. The Labute approximate surface area is 185 Å². The van der Waals surface area contributed by atoms with Crippen molar-refractivity contribution in [1.82, 2.24) is 24.8 Å². The van der Waals surface area contributed by atoms with Crippen LogP contribution in [0, 0.1) is 0 Å². The van der Waals surface area contributed by atoms with E-state index in [1.165, 1.54) is 0 Å². The Morgan fingerprint density at radius 3 is 2.56 bits per heavy atom. The first-order valence-electron chi connectivity index (χ1n) is 10.9. The number of hydrogen-bond donors (Lipinski definition) is 2. The fraction of sp³-hybridized carbons (Fsp3) is 0.348. The average Bonchev–Trinajstić information content (AvgIpc) is 3.52. The van der Waals surface area contributed by atoms with Crippen LogP contribution in [-0.4, -0.2) is 39.4 Å². The van der Waals surface area contributed by atoms with Crippen molar-refractivity contribution in [3.05, 3.63) is 48.8 Å². The molecule has 1 aliphatic carbocycles. The number of imidazole rings is 1. The van der Waals surface area contributed by atoms with Crippen LogP contribution in [0.1, 0.15) is 44.6 Å². The third-order valence-electron chi connectivity index (χ3n) is 7.01. The van der Waals surface area contributed by atoms with Crippen molar-refractivity contribution in [3.63, 3.8) is 0 Å². The van der Waals surface area contributed by atoms with E-state index in [1.54, 1.807) is 36.5 Å². The first-order chi connectivity index (χ1) is 15.5. The first kappa shape index (κ1) is 19.5. The highest BCUT2D eigenvalue weighted by molar-refractivity contribution is 7.91. The topological polar surface area (TPSA) is 110 Å². The van der Waals surface area contributed by atoms with Crippen molar-refractivity contribution < 1.29 is 13.2 Å². The quantitative estimate of drug-likeness (QED) is 0.497. The van der Waals surface area contributed by atoms with E-state index in [4.69, 9.17) is 0 Å². The lowest BCUT2D eigenvalue weighted by Gasteiger charge is -2.38. The minimum absolute atomic E-state index is 0.0304. The van der Waals surface area contributed by atoms with Gasteiger partial charge >= 0.3 is 0 Å². The summed E-state index contributed by atoms with van der Waals surface area (Å²) in [4.78, 5) is 24.2. The van der Waals surface area contributed by atoms with E-state index in [-0.39, 0.29) is 27.5 Å². The second kappa shape index (κ2) is 6.90. The van der Waals surface area contributed by atoms with E-state index in [0.717, 1.165) is 43.0 Å². The number of hydrogen-bond acceptors (Lipinski definition) is 5. The highest BCUT2D eigenvalue weighted by atomic mass is 32.2. The van der Waals surface area contributed by atoms with E-state index >= 15 is 0 Å². The summed E-state index contributed by atoms with van der Waals surface area (Å²) in [5.41, 5.74) is 1.92. The Hall–Kier alpha value is -3.20. The van der Waals surface area contributed by atoms with Crippen LogP contribution in [0.15, 0.2) is 58.8 Å². The van der Waals surface area contributed by atoms with Gasteiger partial charge in [-0.2, -0.15) is 0 Å². The van der Waals surface area contributed by atoms with Crippen molar-refractivity contribution in [2.75, 3.05) is 0 Å². The predicted molar refractivity (Wildman–Crippen MR) is 119 cm³/mol. The maximum absolute atomic E-state index is 13.7. The summed E-state index contributed by atoms with van der Waals surface area (Å²) >= 11 is 0. The Morgan fingerprint density at radius 2 is 1.84 bits per heavy atom. The molecule has 8 nitrogen and oxygen atoms in total. The van der Waals surface area contributed by atoms with Gasteiger partial charge in [0.1, 0.15) is 11.2 Å². The first-order valence-corrected chi connectivity index (χ1v) is 12.4. The molecule has 164 valence electrons. The molecule has 0 radical (unpaired) electrons. The molecule has 9 heteroatoms. The number of rotatable bonds is 3. The van der Waals surface area contributed by atoms with Gasteiger partial charge in [0.05, 0.1) is 16.6 Å². The number of fused-ring (bicyclic) bond motifs is 3. The highest BCUT2D eigenvalue weighted by Crippen LogP contribution is 2.43. The lowest BCUT2D eigenvalue weighted by Crippen LogP contribution is -2.44. The molecule has 1 amide bonds. The molecular weight excluding hydrogens is 426 g/mol. The molecule has 32 heavy (non-hydrogen) atoms. The van der Waals surface area contributed by atoms with Crippen LogP contribution in [0.4, 0.5) is 0 Å². The number of benzene rings is 1. The van der Waals surface area contributed by atoms with Crippen LogP contribution in [0.3, 0.4) is 0 Å². The molecule has 0 unspecified atom stereocenters. The molecule has 1 spiro atoms. The summed E-state index contributed by atoms with van der Waals surface area (Å²) in [6, 6.07) is 10.3. The van der Waals surface area contributed by atoms with Gasteiger partial charge in [-0.05, 0) is 50.3 Å². The minimum Gasteiger partial charge on any atom is -0.351 e. The number of pyridine rings is 1. The van der Waals surface area contributed by atoms with Gasteiger partial charge in [-0.15, -0.1) is 0 Å². The van der Waals surface area contributed by atoms with Gasteiger partial charge in [-0.25, -0.2) is 18.4 Å². The third kappa shape index (κ3) is 2.87. The fourth-order valence-electron chi connectivity index (χ4n) is 5.37. The number of carbonyl (C=O) groups is 1. The second-order valence-corrected chi connectivity index (χ2v) is 10.7. The summed E-state index contributed by atoms with van der Waals surface area (Å²) in [5, 5.41) is 4.09. The molecule has 2 fully saturated rings. The zero-order chi connectivity index (χ0) is 21.9. The van der Waals surface area contributed by atoms with Crippen LogP contribution in [0.25, 0.3) is 22.1 Å². The molecule has 2 aliphatic rings. The van der Waals surface area contributed by atoms with Crippen LogP contribution < -0.4 is 5.32 Å². The van der Waals surface area contributed by atoms with Crippen LogP contribution in [-0.2, 0) is 14.6 Å².